The Labute approximate surface area is 121 Å². The lowest BCUT2D eigenvalue weighted by molar-refractivity contribution is 0.444. The van der Waals surface area contributed by atoms with E-state index in [1.807, 2.05) is 0 Å². The van der Waals surface area contributed by atoms with Crippen molar-refractivity contribution < 1.29 is 0 Å². The van der Waals surface area contributed by atoms with Crippen LogP contribution in [-0.2, 0) is 0 Å². The van der Waals surface area contributed by atoms with Crippen LogP contribution in [0.4, 0.5) is 17.3 Å². The molecule has 0 aliphatic carbocycles. The summed E-state index contributed by atoms with van der Waals surface area (Å²) in [5.74, 6) is 2.59. The van der Waals surface area contributed by atoms with Gasteiger partial charge >= 0.3 is 0 Å². The van der Waals surface area contributed by atoms with Crippen molar-refractivity contribution in [1.82, 2.24) is 9.97 Å². The summed E-state index contributed by atoms with van der Waals surface area (Å²) in [5.41, 5.74) is 7.15. The van der Waals surface area contributed by atoms with Crippen LogP contribution in [0.2, 0.25) is 0 Å². The minimum Gasteiger partial charge on any atom is -0.393 e. The molecule has 1 unspecified atom stereocenters. The van der Waals surface area contributed by atoms with E-state index in [0.717, 1.165) is 49.4 Å². The monoisotopic (exact) mass is 275 g/mol. The van der Waals surface area contributed by atoms with Crippen molar-refractivity contribution in [3.63, 3.8) is 0 Å². The van der Waals surface area contributed by atoms with Crippen LogP contribution in [0.1, 0.15) is 39.0 Å². The maximum atomic E-state index is 6.38. The molecule has 0 saturated carbocycles. The third kappa shape index (κ3) is 2.67. The Balaban J connectivity index is 1.84. The molecule has 2 fully saturated rings. The number of piperidine rings is 2. The molecule has 20 heavy (non-hydrogen) atoms. The van der Waals surface area contributed by atoms with Gasteiger partial charge in [-0.3, -0.25) is 0 Å². The van der Waals surface area contributed by atoms with Crippen LogP contribution in [0.3, 0.4) is 0 Å². The minimum absolute atomic E-state index is 0.719. The quantitative estimate of drug-likeness (QED) is 0.897. The molecule has 1 aromatic rings. The molecule has 1 aromatic heterocycles. The SMILES string of the molecule is CC1CCCN(c2ncnc(N3CCCCC3)c2N)C1. The summed E-state index contributed by atoms with van der Waals surface area (Å²) in [7, 11) is 0. The highest BCUT2D eigenvalue weighted by Gasteiger charge is 2.23. The summed E-state index contributed by atoms with van der Waals surface area (Å²) < 4.78 is 0. The second kappa shape index (κ2) is 5.85. The molecular formula is C15H25N5. The van der Waals surface area contributed by atoms with E-state index in [2.05, 4.69) is 26.7 Å². The smallest absolute Gasteiger partial charge is 0.157 e. The van der Waals surface area contributed by atoms with Crippen LogP contribution < -0.4 is 15.5 Å². The predicted molar refractivity (Wildman–Crippen MR) is 83.1 cm³/mol. The first-order chi connectivity index (χ1) is 9.75. The van der Waals surface area contributed by atoms with Crippen LogP contribution in [0.25, 0.3) is 0 Å². The maximum Gasteiger partial charge on any atom is 0.157 e. The van der Waals surface area contributed by atoms with Crippen LogP contribution >= 0.6 is 0 Å². The Morgan fingerprint density at radius 2 is 1.65 bits per heavy atom. The summed E-state index contributed by atoms with van der Waals surface area (Å²) in [6, 6.07) is 0. The Bertz CT molecular complexity index is 456. The average Bonchev–Trinajstić information content (AvgIpc) is 2.48. The van der Waals surface area contributed by atoms with Gasteiger partial charge in [-0.15, -0.1) is 0 Å². The maximum absolute atomic E-state index is 6.38. The number of nitrogen functional groups attached to an aromatic ring is 1. The zero-order valence-electron chi connectivity index (χ0n) is 12.4. The third-order valence-corrected chi connectivity index (χ3v) is 4.45. The second-order valence-electron chi connectivity index (χ2n) is 6.18. The van der Waals surface area contributed by atoms with E-state index < -0.39 is 0 Å². The Morgan fingerprint density at radius 3 is 2.35 bits per heavy atom. The van der Waals surface area contributed by atoms with Gasteiger partial charge in [0.25, 0.3) is 0 Å². The van der Waals surface area contributed by atoms with Crippen LogP contribution in [-0.4, -0.2) is 36.1 Å². The molecule has 0 spiro atoms. The highest BCUT2D eigenvalue weighted by molar-refractivity contribution is 5.75. The summed E-state index contributed by atoms with van der Waals surface area (Å²) in [5, 5.41) is 0. The van der Waals surface area contributed by atoms with E-state index in [0.29, 0.717) is 0 Å². The molecule has 2 aliphatic heterocycles. The van der Waals surface area contributed by atoms with Gasteiger partial charge in [0.15, 0.2) is 11.6 Å². The molecule has 3 rings (SSSR count). The van der Waals surface area contributed by atoms with Gasteiger partial charge in [0.05, 0.1) is 0 Å². The number of anilines is 3. The van der Waals surface area contributed by atoms with Gasteiger partial charge in [0.2, 0.25) is 0 Å². The van der Waals surface area contributed by atoms with Crippen molar-refractivity contribution in [1.29, 1.82) is 0 Å². The van der Waals surface area contributed by atoms with E-state index in [4.69, 9.17) is 5.73 Å². The van der Waals surface area contributed by atoms with Crippen molar-refractivity contribution in [2.45, 2.75) is 39.0 Å². The molecule has 110 valence electrons. The molecule has 0 aromatic carbocycles. The number of aromatic nitrogens is 2. The lowest BCUT2D eigenvalue weighted by atomic mass is 10.0. The van der Waals surface area contributed by atoms with Crippen molar-refractivity contribution in [2.75, 3.05) is 41.7 Å². The molecule has 0 bridgehead atoms. The molecule has 5 nitrogen and oxygen atoms in total. The van der Waals surface area contributed by atoms with Gasteiger partial charge in [0, 0.05) is 26.2 Å². The highest BCUT2D eigenvalue weighted by atomic mass is 15.3. The number of hydrogen-bond acceptors (Lipinski definition) is 5. The number of nitrogens with two attached hydrogens (primary N) is 1. The van der Waals surface area contributed by atoms with Gasteiger partial charge in [-0.25, -0.2) is 9.97 Å². The highest BCUT2D eigenvalue weighted by Crippen LogP contribution is 2.32. The van der Waals surface area contributed by atoms with Gasteiger partial charge < -0.3 is 15.5 Å². The second-order valence-corrected chi connectivity index (χ2v) is 6.18. The molecule has 2 aliphatic rings. The normalized spacial score (nSPS) is 23.9. The molecule has 2 saturated heterocycles. The fraction of sp³-hybridized carbons (Fsp3) is 0.733. The fourth-order valence-electron chi connectivity index (χ4n) is 3.37. The molecule has 5 heteroatoms. The lowest BCUT2D eigenvalue weighted by Crippen LogP contribution is -2.36. The van der Waals surface area contributed by atoms with Crippen LogP contribution in [0.15, 0.2) is 6.33 Å². The van der Waals surface area contributed by atoms with E-state index in [1.165, 1.54) is 32.1 Å². The van der Waals surface area contributed by atoms with E-state index in [-0.39, 0.29) is 0 Å². The largest absolute Gasteiger partial charge is 0.393 e. The molecule has 2 N–H and O–H groups in total. The number of hydrogen-bond donors (Lipinski definition) is 1. The molecule has 3 heterocycles. The van der Waals surface area contributed by atoms with Gasteiger partial charge in [-0.2, -0.15) is 0 Å². The Hall–Kier alpha value is -1.52. The Kier molecular flexibility index (Phi) is 3.94. The molecule has 0 amide bonds. The van der Waals surface area contributed by atoms with E-state index in [9.17, 15) is 0 Å². The van der Waals surface area contributed by atoms with Crippen LogP contribution in [0.5, 0.6) is 0 Å². The zero-order chi connectivity index (χ0) is 13.9. The van der Waals surface area contributed by atoms with Gasteiger partial charge in [-0.05, 0) is 38.0 Å². The van der Waals surface area contributed by atoms with Crippen molar-refractivity contribution in [3.05, 3.63) is 6.33 Å². The standard InChI is InChI=1S/C15H25N5/c1-12-6-5-9-20(10-12)15-13(16)14(17-11-18-15)19-7-3-2-4-8-19/h11-12H,2-10,16H2,1H3. The topological polar surface area (TPSA) is 58.3 Å². The third-order valence-electron chi connectivity index (χ3n) is 4.45. The van der Waals surface area contributed by atoms with E-state index in [1.54, 1.807) is 6.33 Å². The number of nitrogens with zero attached hydrogens (tertiary/aromatic N) is 4. The first kappa shape index (κ1) is 13.5. The van der Waals surface area contributed by atoms with Gasteiger partial charge in [0.1, 0.15) is 12.0 Å². The van der Waals surface area contributed by atoms with Crippen molar-refractivity contribution in [2.24, 2.45) is 5.92 Å². The molecule has 0 radical (unpaired) electrons. The summed E-state index contributed by atoms with van der Waals surface area (Å²) >= 11 is 0. The average molecular weight is 275 g/mol. The van der Waals surface area contributed by atoms with Gasteiger partial charge in [-0.1, -0.05) is 6.92 Å². The van der Waals surface area contributed by atoms with Crippen LogP contribution in [0, 0.1) is 5.92 Å². The fourth-order valence-corrected chi connectivity index (χ4v) is 3.37. The van der Waals surface area contributed by atoms with Crippen molar-refractivity contribution in [3.8, 4) is 0 Å². The Morgan fingerprint density at radius 1 is 1.00 bits per heavy atom. The summed E-state index contributed by atoms with van der Waals surface area (Å²) in [4.78, 5) is 13.5. The molecular weight excluding hydrogens is 250 g/mol. The zero-order valence-corrected chi connectivity index (χ0v) is 12.4. The minimum atomic E-state index is 0.719. The first-order valence-electron chi connectivity index (χ1n) is 7.86. The van der Waals surface area contributed by atoms with Crippen molar-refractivity contribution >= 4 is 17.3 Å². The predicted octanol–water partition coefficient (Wildman–Crippen LogP) is 2.29. The van der Waals surface area contributed by atoms with E-state index >= 15 is 0 Å². The summed E-state index contributed by atoms with van der Waals surface area (Å²) in [6.07, 6.45) is 8.00. The number of rotatable bonds is 2. The summed E-state index contributed by atoms with van der Waals surface area (Å²) in [6.45, 7) is 6.55. The lowest BCUT2D eigenvalue weighted by Gasteiger charge is -2.34. The molecule has 1 atom stereocenters. The first-order valence-corrected chi connectivity index (χ1v) is 7.86.